The van der Waals surface area contributed by atoms with E-state index in [4.69, 9.17) is 4.74 Å². The highest BCUT2D eigenvalue weighted by Gasteiger charge is 2.15. The number of hydrogen-bond acceptors (Lipinski definition) is 5. The third-order valence-corrected chi connectivity index (χ3v) is 5.39. The van der Waals surface area contributed by atoms with Crippen molar-refractivity contribution in [2.24, 2.45) is 0 Å². The molecule has 0 fully saturated rings. The zero-order valence-corrected chi connectivity index (χ0v) is 15.0. The normalized spacial score (nSPS) is 11.1. The van der Waals surface area contributed by atoms with E-state index in [1.54, 1.807) is 6.07 Å². The third-order valence-electron chi connectivity index (χ3n) is 3.66. The minimum Gasteiger partial charge on any atom is -0.506 e. The second-order valence-corrected chi connectivity index (χ2v) is 7.70. The molecule has 0 bridgehead atoms. The van der Waals surface area contributed by atoms with Crippen molar-refractivity contribution in [3.8, 4) is 11.5 Å². The lowest BCUT2D eigenvalue weighted by atomic mass is 10.2. The maximum absolute atomic E-state index is 12.0. The van der Waals surface area contributed by atoms with E-state index in [2.05, 4.69) is 5.32 Å². The van der Waals surface area contributed by atoms with Gasteiger partial charge in [-0.05, 0) is 42.3 Å². The van der Waals surface area contributed by atoms with Crippen LogP contribution in [-0.2, 0) is 21.1 Å². The molecule has 25 heavy (non-hydrogen) atoms. The zero-order chi connectivity index (χ0) is 18.4. The van der Waals surface area contributed by atoms with Crippen LogP contribution in [0.5, 0.6) is 11.5 Å². The van der Waals surface area contributed by atoms with E-state index in [0.29, 0.717) is 5.75 Å². The predicted molar refractivity (Wildman–Crippen MR) is 95.8 cm³/mol. The van der Waals surface area contributed by atoms with Crippen molar-refractivity contribution in [1.29, 1.82) is 0 Å². The number of phenolic OH excluding ortho intramolecular Hbond substituents is 1. The SMILES string of the molecule is CCc1cccc(OCC(=O)Nc2cc(S(=O)(=O)CC)ccc2O)c1. The second kappa shape index (κ2) is 8.02. The lowest BCUT2D eigenvalue weighted by molar-refractivity contribution is -0.118. The van der Waals surface area contributed by atoms with Gasteiger partial charge in [-0.15, -0.1) is 0 Å². The van der Waals surface area contributed by atoms with Gasteiger partial charge in [-0.2, -0.15) is 0 Å². The molecule has 0 aliphatic rings. The molecule has 134 valence electrons. The summed E-state index contributed by atoms with van der Waals surface area (Å²) in [5, 5.41) is 12.3. The number of rotatable bonds is 7. The van der Waals surface area contributed by atoms with Gasteiger partial charge in [-0.3, -0.25) is 4.79 Å². The molecule has 0 saturated carbocycles. The summed E-state index contributed by atoms with van der Waals surface area (Å²) in [6.45, 7) is 3.29. The Labute approximate surface area is 147 Å². The van der Waals surface area contributed by atoms with Gasteiger partial charge in [-0.25, -0.2) is 8.42 Å². The predicted octanol–water partition coefficient (Wildman–Crippen LogP) is 2.77. The average Bonchev–Trinajstić information content (AvgIpc) is 2.62. The Morgan fingerprint density at radius 2 is 1.92 bits per heavy atom. The van der Waals surface area contributed by atoms with Gasteiger partial charge in [0.15, 0.2) is 16.4 Å². The fourth-order valence-electron chi connectivity index (χ4n) is 2.17. The molecule has 0 aromatic heterocycles. The van der Waals surface area contributed by atoms with E-state index in [1.165, 1.54) is 25.1 Å². The number of carbonyl (C=O) groups is 1. The fraction of sp³-hybridized carbons (Fsp3) is 0.278. The molecule has 7 heteroatoms. The Bertz CT molecular complexity index is 862. The molecule has 6 nitrogen and oxygen atoms in total. The molecule has 0 aliphatic carbocycles. The molecule has 0 saturated heterocycles. The smallest absolute Gasteiger partial charge is 0.262 e. The number of carbonyl (C=O) groups excluding carboxylic acids is 1. The quantitative estimate of drug-likeness (QED) is 0.738. The Balaban J connectivity index is 2.06. The van der Waals surface area contributed by atoms with Crippen molar-refractivity contribution in [2.75, 3.05) is 17.7 Å². The van der Waals surface area contributed by atoms with Crippen LogP contribution in [0.25, 0.3) is 0 Å². The summed E-state index contributed by atoms with van der Waals surface area (Å²) in [5.41, 5.74) is 1.12. The van der Waals surface area contributed by atoms with E-state index in [0.717, 1.165) is 12.0 Å². The van der Waals surface area contributed by atoms with Crippen LogP contribution in [0.1, 0.15) is 19.4 Å². The van der Waals surface area contributed by atoms with E-state index in [-0.39, 0.29) is 28.7 Å². The molecule has 2 aromatic rings. The van der Waals surface area contributed by atoms with Crippen molar-refractivity contribution >= 4 is 21.4 Å². The maximum atomic E-state index is 12.0. The Morgan fingerprint density at radius 1 is 1.16 bits per heavy atom. The first-order chi connectivity index (χ1) is 11.9. The highest BCUT2D eigenvalue weighted by molar-refractivity contribution is 7.91. The van der Waals surface area contributed by atoms with Crippen molar-refractivity contribution in [2.45, 2.75) is 25.2 Å². The number of benzene rings is 2. The lowest BCUT2D eigenvalue weighted by Gasteiger charge is -2.11. The summed E-state index contributed by atoms with van der Waals surface area (Å²) < 4.78 is 29.2. The van der Waals surface area contributed by atoms with Crippen LogP contribution in [0.3, 0.4) is 0 Å². The van der Waals surface area contributed by atoms with Gasteiger partial charge in [0.05, 0.1) is 16.3 Å². The summed E-state index contributed by atoms with van der Waals surface area (Å²) in [5.74, 6) is -0.206. The Hall–Kier alpha value is -2.54. The highest BCUT2D eigenvalue weighted by atomic mass is 32.2. The van der Waals surface area contributed by atoms with Crippen molar-refractivity contribution in [3.05, 3.63) is 48.0 Å². The number of hydrogen-bond donors (Lipinski definition) is 2. The standard InChI is InChI=1S/C18H21NO5S/c1-3-13-6-5-7-14(10-13)24-12-18(21)19-16-11-15(8-9-17(16)20)25(22,23)4-2/h5-11,20H,3-4,12H2,1-2H3,(H,19,21). The molecule has 0 spiro atoms. The number of sulfone groups is 1. The number of amides is 1. The molecule has 0 heterocycles. The van der Waals surface area contributed by atoms with E-state index < -0.39 is 15.7 Å². The first-order valence-corrected chi connectivity index (χ1v) is 9.58. The second-order valence-electron chi connectivity index (χ2n) is 5.42. The Morgan fingerprint density at radius 3 is 2.60 bits per heavy atom. The number of aryl methyl sites for hydroxylation is 1. The highest BCUT2D eigenvalue weighted by Crippen LogP contribution is 2.27. The molecule has 2 N–H and O–H groups in total. The van der Waals surface area contributed by atoms with Crippen LogP contribution < -0.4 is 10.1 Å². The summed E-state index contributed by atoms with van der Waals surface area (Å²) in [7, 11) is -3.43. The van der Waals surface area contributed by atoms with Crippen molar-refractivity contribution < 1.29 is 23.1 Å². The van der Waals surface area contributed by atoms with Crippen LogP contribution in [0.2, 0.25) is 0 Å². The molecule has 2 rings (SSSR count). The van der Waals surface area contributed by atoms with Gasteiger partial charge in [0.25, 0.3) is 5.91 Å². The third kappa shape index (κ3) is 4.96. The summed E-state index contributed by atoms with van der Waals surface area (Å²) in [6.07, 6.45) is 0.857. The topological polar surface area (TPSA) is 92.7 Å². The number of aromatic hydroxyl groups is 1. The minimum absolute atomic E-state index is 0.0328. The van der Waals surface area contributed by atoms with Crippen LogP contribution in [0, 0.1) is 0 Å². The number of nitrogens with one attached hydrogen (secondary N) is 1. The summed E-state index contributed by atoms with van der Waals surface area (Å²) >= 11 is 0. The van der Waals surface area contributed by atoms with Crippen LogP contribution >= 0.6 is 0 Å². The molecular weight excluding hydrogens is 342 g/mol. The molecule has 0 aliphatic heterocycles. The largest absolute Gasteiger partial charge is 0.506 e. The van der Waals surface area contributed by atoms with Gasteiger partial charge in [0.1, 0.15) is 11.5 Å². The summed E-state index contributed by atoms with van der Waals surface area (Å²) in [6, 6.07) is 11.2. The van der Waals surface area contributed by atoms with Crippen LogP contribution in [0.15, 0.2) is 47.4 Å². The minimum atomic E-state index is -3.43. The first-order valence-electron chi connectivity index (χ1n) is 7.93. The fourth-order valence-corrected chi connectivity index (χ4v) is 3.07. The monoisotopic (exact) mass is 363 g/mol. The molecular formula is C18H21NO5S. The zero-order valence-electron chi connectivity index (χ0n) is 14.2. The van der Waals surface area contributed by atoms with Crippen molar-refractivity contribution in [3.63, 3.8) is 0 Å². The number of phenols is 1. The van der Waals surface area contributed by atoms with E-state index in [9.17, 15) is 18.3 Å². The maximum Gasteiger partial charge on any atom is 0.262 e. The average molecular weight is 363 g/mol. The van der Waals surface area contributed by atoms with Crippen LogP contribution in [-0.4, -0.2) is 31.8 Å². The van der Waals surface area contributed by atoms with Gasteiger partial charge >= 0.3 is 0 Å². The van der Waals surface area contributed by atoms with Crippen LogP contribution in [0.4, 0.5) is 5.69 Å². The van der Waals surface area contributed by atoms with Gasteiger partial charge in [-0.1, -0.05) is 26.0 Å². The van der Waals surface area contributed by atoms with E-state index in [1.807, 2.05) is 25.1 Å². The lowest BCUT2D eigenvalue weighted by Crippen LogP contribution is -2.20. The van der Waals surface area contributed by atoms with Gasteiger partial charge in [0.2, 0.25) is 0 Å². The molecule has 0 unspecified atom stereocenters. The molecule has 0 radical (unpaired) electrons. The van der Waals surface area contributed by atoms with Crippen molar-refractivity contribution in [1.82, 2.24) is 0 Å². The summed E-state index contributed by atoms with van der Waals surface area (Å²) in [4.78, 5) is 12.1. The van der Waals surface area contributed by atoms with E-state index >= 15 is 0 Å². The van der Waals surface area contributed by atoms with Gasteiger partial charge < -0.3 is 15.2 Å². The van der Waals surface area contributed by atoms with Gasteiger partial charge in [0, 0.05) is 0 Å². The molecule has 2 aromatic carbocycles. The molecule has 0 atom stereocenters. The number of ether oxygens (including phenoxy) is 1. The molecule has 1 amide bonds. The Kier molecular flexibility index (Phi) is 6.03. The number of anilines is 1. The first kappa shape index (κ1) is 18.8.